The van der Waals surface area contributed by atoms with E-state index in [1.165, 1.54) is 7.11 Å². The van der Waals surface area contributed by atoms with Crippen molar-refractivity contribution in [2.75, 3.05) is 19.4 Å². The van der Waals surface area contributed by atoms with E-state index in [0.717, 1.165) is 16.7 Å². The molecule has 1 aliphatic rings. The Balaban J connectivity index is 2.59. The molecule has 0 bridgehead atoms. The Labute approximate surface area is 79.4 Å². The second kappa shape index (κ2) is 4.27. The Morgan fingerprint density at radius 2 is 2.31 bits per heavy atom. The monoisotopic (exact) mass is 203 g/mol. The molecular weight excluding hydrogens is 194 g/mol. The summed E-state index contributed by atoms with van der Waals surface area (Å²) in [7, 11) is 1.22. The molecule has 0 atom stereocenters. The first kappa shape index (κ1) is 10.0. The molecular formula is C7H9NO4S. The SMILES string of the molecule is COC(=O)CN1C(=O)CCSC1=O. The molecule has 1 fully saturated rings. The van der Waals surface area contributed by atoms with Crippen LogP contribution in [0.1, 0.15) is 6.42 Å². The van der Waals surface area contributed by atoms with E-state index in [-0.39, 0.29) is 17.7 Å². The van der Waals surface area contributed by atoms with E-state index in [0.29, 0.717) is 12.2 Å². The van der Waals surface area contributed by atoms with E-state index >= 15 is 0 Å². The molecule has 1 aliphatic heterocycles. The lowest BCUT2D eigenvalue weighted by Crippen LogP contribution is -2.41. The number of carbonyl (C=O) groups is 3. The molecule has 0 aromatic carbocycles. The number of hydrogen-bond donors (Lipinski definition) is 0. The first-order chi connectivity index (χ1) is 6.15. The molecule has 1 rings (SSSR count). The van der Waals surface area contributed by atoms with Crippen molar-refractivity contribution in [2.24, 2.45) is 0 Å². The van der Waals surface area contributed by atoms with Crippen LogP contribution in [-0.2, 0) is 14.3 Å². The third-order valence-corrected chi connectivity index (χ3v) is 2.45. The van der Waals surface area contributed by atoms with Gasteiger partial charge in [-0.05, 0) is 0 Å². The van der Waals surface area contributed by atoms with Crippen molar-refractivity contribution < 1.29 is 19.1 Å². The van der Waals surface area contributed by atoms with Gasteiger partial charge in [0.25, 0.3) is 5.24 Å². The minimum absolute atomic E-state index is 0.277. The number of imide groups is 1. The summed E-state index contributed by atoms with van der Waals surface area (Å²) in [4.78, 5) is 34.0. The fourth-order valence-corrected chi connectivity index (χ4v) is 1.66. The minimum atomic E-state index is -0.579. The summed E-state index contributed by atoms with van der Waals surface area (Å²) in [6, 6.07) is 0. The van der Waals surface area contributed by atoms with Crippen molar-refractivity contribution in [1.29, 1.82) is 0 Å². The van der Waals surface area contributed by atoms with Gasteiger partial charge in [-0.1, -0.05) is 11.8 Å². The smallest absolute Gasteiger partial charge is 0.325 e. The molecule has 0 aliphatic carbocycles. The second-order valence-corrected chi connectivity index (χ2v) is 3.47. The Morgan fingerprint density at radius 3 is 2.85 bits per heavy atom. The van der Waals surface area contributed by atoms with Gasteiger partial charge in [-0.2, -0.15) is 0 Å². The average molecular weight is 203 g/mol. The van der Waals surface area contributed by atoms with Crippen molar-refractivity contribution in [1.82, 2.24) is 4.90 Å². The highest BCUT2D eigenvalue weighted by Crippen LogP contribution is 2.17. The molecule has 13 heavy (non-hydrogen) atoms. The Morgan fingerprint density at radius 1 is 1.62 bits per heavy atom. The van der Waals surface area contributed by atoms with E-state index in [1.807, 2.05) is 0 Å². The standard InChI is InChI=1S/C7H9NO4S/c1-12-6(10)4-8-5(9)2-3-13-7(8)11/h2-4H2,1H3. The van der Waals surface area contributed by atoms with Crippen molar-refractivity contribution in [3.05, 3.63) is 0 Å². The largest absolute Gasteiger partial charge is 0.468 e. The van der Waals surface area contributed by atoms with Gasteiger partial charge in [-0.3, -0.25) is 19.3 Å². The van der Waals surface area contributed by atoms with Gasteiger partial charge in [0.15, 0.2) is 0 Å². The van der Waals surface area contributed by atoms with Gasteiger partial charge in [0.1, 0.15) is 6.54 Å². The molecule has 0 radical (unpaired) electrons. The molecule has 2 amide bonds. The van der Waals surface area contributed by atoms with Crippen LogP contribution in [0.2, 0.25) is 0 Å². The van der Waals surface area contributed by atoms with Gasteiger partial charge < -0.3 is 4.74 Å². The Kier molecular flexibility index (Phi) is 3.30. The third-order valence-electron chi connectivity index (χ3n) is 1.58. The number of amides is 2. The van der Waals surface area contributed by atoms with Crippen LogP contribution in [0.5, 0.6) is 0 Å². The molecule has 6 heteroatoms. The molecule has 0 N–H and O–H groups in total. The lowest BCUT2D eigenvalue weighted by Gasteiger charge is -2.22. The molecule has 72 valence electrons. The number of rotatable bonds is 2. The number of methoxy groups -OCH3 is 1. The van der Waals surface area contributed by atoms with Gasteiger partial charge in [0.05, 0.1) is 7.11 Å². The van der Waals surface area contributed by atoms with Gasteiger partial charge in [0.2, 0.25) is 5.91 Å². The highest BCUT2D eigenvalue weighted by atomic mass is 32.2. The summed E-state index contributed by atoms with van der Waals surface area (Å²) in [6.07, 6.45) is 0.299. The molecule has 0 spiro atoms. The van der Waals surface area contributed by atoms with E-state index < -0.39 is 5.97 Å². The molecule has 1 saturated heterocycles. The van der Waals surface area contributed by atoms with E-state index in [9.17, 15) is 14.4 Å². The summed E-state index contributed by atoms with van der Waals surface area (Å²) in [5.74, 6) is -0.395. The zero-order valence-electron chi connectivity index (χ0n) is 7.11. The normalized spacial score (nSPS) is 17.5. The second-order valence-electron chi connectivity index (χ2n) is 2.42. The van der Waals surface area contributed by atoms with Crippen LogP contribution in [0.4, 0.5) is 4.79 Å². The van der Waals surface area contributed by atoms with Crippen molar-refractivity contribution in [2.45, 2.75) is 6.42 Å². The minimum Gasteiger partial charge on any atom is -0.468 e. The predicted molar refractivity (Wildman–Crippen MR) is 46.2 cm³/mol. The summed E-state index contributed by atoms with van der Waals surface area (Å²) < 4.78 is 4.36. The number of esters is 1. The molecule has 0 unspecified atom stereocenters. The zero-order chi connectivity index (χ0) is 9.84. The van der Waals surface area contributed by atoms with Crippen LogP contribution in [-0.4, -0.2) is 41.4 Å². The highest BCUT2D eigenvalue weighted by Gasteiger charge is 2.28. The van der Waals surface area contributed by atoms with Crippen LogP contribution in [0.3, 0.4) is 0 Å². The molecule has 5 nitrogen and oxygen atoms in total. The zero-order valence-corrected chi connectivity index (χ0v) is 7.93. The fraction of sp³-hybridized carbons (Fsp3) is 0.571. The average Bonchev–Trinajstić information content (AvgIpc) is 2.11. The molecule has 0 aromatic heterocycles. The lowest BCUT2D eigenvalue weighted by molar-refractivity contribution is -0.144. The summed E-state index contributed by atoms with van der Waals surface area (Å²) in [5.41, 5.74) is 0. The summed E-state index contributed by atoms with van der Waals surface area (Å²) >= 11 is 1.04. The van der Waals surface area contributed by atoms with Crippen molar-refractivity contribution in [3.63, 3.8) is 0 Å². The van der Waals surface area contributed by atoms with Crippen molar-refractivity contribution >= 4 is 28.9 Å². The Bertz CT molecular complexity index is 237. The van der Waals surface area contributed by atoms with Gasteiger partial charge in [0, 0.05) is 12.2 Å². The van der Waals surface area contributed by atoms with Crippen molar-refractivity contribution in [3.8, 4) is 0 Å². The van der Waals surface area contributed by atoms with Crippen LogP contribution in [0.15, 0.2) is 0 Å². The number of nitrogens with zero attached hydrogens (tertiary/aromatic N) is 1. The fourth-order valence-electron chi connectivity index (χ4n) is 0.887. The predicted octanol–water partition coefficient (Wildman–Crippen LogP) is 0.245. The van der Waals surface area contributed by atoms with Crippen LogP contribution >= 0.6 is 11.8 Å². The summed E-state index contributed by atoms with van der Waals surface area (Å²) in [6.45, 7) is -0.277. The van der Waals surface area contributed by atoms with E-state index in [1.54, 1.807) is 0 Å². The molecule has 1 heterocycles. The van der Waals surface area contributed by atoms with Gasteiger partial charge in [-0.15, -0.1) is 0 Å². The maximum atomic E-state index is 11.1. The van der Waals surface area contributed by atoms with Gasteiger partial charge >= 0.3 is 5.97 Å². The maximum absolute atomic E-state index is 11.1. The molecule has 0 saturated carbocycles. The Hall–Kier alpha value is -1.04. The number of carbonyl (C=O) groups excluding carboxylic acids is 3. The quantitative estimate of drug-likeness (QED) is 0.602. The van der Waals surface area contributed by atoms with Gasteiger partial charge in [-0.25, -0.2) is 0 Å². The molecule has 0 aromatic rings. The van der Waals surface area contributed by atoms with Crippen LogP contribution in [0, 0.1) is 0 Å². The topological polar surface area (TPSA) is 63.7 Å². The lowest BCUT2D eigenvalue weighted by atomic mass is 10.4. The first-order valence-electron chi connectivity index (χ1n) is 3.69. The maximum Gasteiger partial charge on any atom is 0.325 e. The first-order valence-corrected chi connectivity index (χ1v) is 4.67. The van der Waals surface area contributed by atoms with Crippen LogP contribution in [0.25, 0.3) is 0 Å². The van der Waals surface area contributed by atoms with Crippen LogP contribution < -0.4 is 0 Å². The number of hydrogen-bond acceptors (Lipinski definition) is 5. The number of thioether (sulfide) groups is 1. The van der Waals surface area contributed by atoms with E-state index in [2.05, 4.69) is 4.74 Å². The number of ether oxygens (including phenoxy) is 1. The van der Waals surface area contributed by atoms with E-state index in [4.69, 9.17) is 0 Å². The third kappa shape index (κ3) is 2.45. The summed E-state index contributed by atoms with van der Waals surface area (Å²) in [5, 5.41) is -0.373. The highest BCUT2D eigenvalue weighted by molar-refractivity contribution is 8.13.